The van der Waals surface area contributed by atoms with E-state index < -0.39 is 23.3 Å². The van der Waals surface area contributed by atoms with Crippen LogP contribution in [0.5, 0.6) is 0 Å². The van der Waals surface area contributed by atoms with Crippen LogP contribution in [-0.2, 0) is 19.4 Å². The Morgan fingerprint density at radius 3 is 2.58 bits per heavy atom. The summed E-state index contributed by atoms with van der Waals surface area (Å²) >= 11 is 0.760. The van der Waals surface area contributed by atoms with Crippen LogP contribution in [0.1, 0.15) is 19.7 Å². The first-order chi connectivity index (χ1) is 8.77. The molecular formula is C8H9FN4O5S. The number of carboxylic acid groups (broad SMARTS) is 1. The van der Waals surface area contributed by atoms with E-state index in [1.807, 2.05) is 0 Å². The molecule has 1 heterocycles. The summed E-state index contributed by atoms with van der Waals surface area (Å²) in [4.78, 5) is 33.2. The molecule has 104 valence electrons. The van der Waals surface area contributed by atoms with E-state index in [0.29, 0.717) is 0 Å². The smallest absolute Gasteiger partial charge is 0.394 e. The van der Waals surface area contributed by atoms with E-state index in [9.17, 15) is 14.1 Å². The van der Waals surface area contributed by atoms with Crippen molar-refractivity contribution in [2.24, 2.45) is 5.16 Å². The van der Waals surface area contributed by atoms with Gasteiger partial charge in [0.05, 0.1) is 0 Å². The maximum absolute atomic E-state index is 11.8. The SMILES string of the molecule is CC(C)(O/N=C(\C(=O)O)c1nsc(N)n1)C(=O)OF. The third-order valence-corrected chi connectivity index (χ3v) is 2.33. The number of nitrogen functional groups attached to an aromatic ring is 1. The van der Waals surface area contributed by atoms with Gasteiger partial charge in [-0.05, 0) is 13.8 Å². The summed E-state index contributed by atoms with van der Waals surface area (Å²) in [6.07, 6.45) is 0. The van der Waals surface area contributed by atoms with Crippen LogP contribution < -0.4 is 5.73 Å². The number of oxime groups is 1. The highest BCUT2D eigenvalue weighted by Gasteiger charge is 2.34. The van der Waals surface area contributed by atoms with E-state index in [1.165, 1.54) is 0 Å². The van der Waals surface area contributed by atoms with Crippen molar-refractivity contribution in [1.29, 1.82) is 0 Å². The van der Waals surface area contributed by atoms with E-state index >= 15 is 0 Å². The molecule has 19 heavy (non-hydrogen) atoms. The highest BCUT2D eigenvalue weighted by Crippen LogP contribution is 2.14. The number of halogens is 1. The number of nitrogens with zero attached hydrogens (tertiary/aromatic N) is 3. The molecule has 3 N–H and O–H groups in total. The van der Waals surface area contributed by atoms with Gasteiger partial charge in [0, 0.05) is 16.1 Å². The number of anilines is 1. The molecule has 0 aromatic carbocycles. The summed E-state index contributed by atoms with van der Waals surface area (Å²) in [5.74, 6) is -3.15. The molecule has 0 saturated heterocycles. The molecule has 0 radical (unpaired) electrons. The lowest BCUT2D eigenvalue weighted by molar-refractivity contribution is -0.207. The molecule has 0 aliphatic rings. The average Bonchev–Trinajstić information content (AvgIpc) is 2.74. The minimum Gasteiger partial charge on any atom is -0.476 e. The summed E-state index contributed by atoms with van der Waals surface area (Å²) < 4.78 is 15.4. The molecule has 1 aromatic heterocycles. The highest BCUT2D eigenvalue weighted by atomic mass is 32.1. The number of rotatable bonds is 5. The van der Waals surface area contributed by atoms with Crippen LogP contribution in [0.25, 0.3) is 0 Å². The summed E-state index contributed by atoms with van der Waals surface area (Å²) in [5.41, 5.74) is 2.82. The zero-order chi connectivity index (χ0) is 14.6. The van der Waals surface area contributed by atoms with Crippen LogP contribution in [-0.4, -0.2) is 37.7 Å². The van der Waals surface area contributed by atoms with Gasteiger partial charge in [0.25, 0.3) is 0 Å². The van der Waals surface area contributed by atoms with E-state index in [4.69, 9.17) is 10.8 Å². The van der Waals surface area contributed by atoms with Crippen molar-refractivity contribution in [2.75, 3.05) is 5.73 Å². The first-order valence-corrected chi connectivity index (χ1v) is 5.47. The number of hydrogen-bond donors (Lipinski definition) is 2. The molecular weight excluding hydrogens is 283 g/mol. The van der Waals surface area contributed by atoms with Crippen LogP contribution >= 0.6 is 11.5 Å². The first-order valence-electron chi connectivity index (χ1n) is 4.70. The molecule has 0 amide bonds. The van der Waals surface area contributed by atoms with Crippen molar-refractivity contribution in [3.8, 4) is 0 Å². The van der Waals surface area contributed by atoms with Crippen LogP contribution in [0.15, 0.2) is 5.16 Å². The minimum atomic E-state index is -1.81. The highest BCUT2D eigenvalue weighted by molar-refractivity contribution is 7.09. The molecule has 0 spiro atoms. The molecule has 11 heteroatoms. The van der Waals surface area contributed by atoms with Gasteiger partial charge in [-0.25, -0.2) is 9.59 Å². The van der Waals surface area contributed by atoms with Crippen molar-refractivity contribution in [3.63, 3.8) is 0 Å². The lowest BCUT2D eigenvalue weighted by atomic mass is 10.1. The Morgan fingerprint density at radius 1 is 1.53 bits per heavy atom. The second-order valence-electron chi connectivity index (χ2n) is 3.67. The fraction of sp³-hybridized carbons (Fsp3) is 0.375. The maximum Gasteiger partial charge on any atom is 0.394 e. The Labute approximate surface area is 109 Å². The predicted molar refractivity (Wildman–Crippen MR) is 60.9 cm³/mol. The summed E-state index contributed by atoms with van der Waals surface area (Å²) in [6, 6.07) is 0. The minimum absolute atomic E-state index is 0.0337. The first kappa shape index (κ1) is 14.8. The summed E-state index contributed by atoms with van der Waals surface area (Å²) in [7, 11) is 0. The van der Waals surface area contributed by atoms with Gasteiger partial charge >= 0.3 is 11.9 Å². The quantitative estimate of drug-likeness (QED) is 0.577. The second-order valence-corrected chi connectivity index (χ2v) is 4.45. The van der Waals surface area contributed by atoms with Gasteiger partial charge in [-0.1, -0.05) is 5.16 Å². The summed E-state index contributed by atoms with van der Waals surface area (Å²) in [5, 5.41) is 12.2. The number of aliphatic carboxylic acids is 1. The van der Waals surface area contributed by atoms with Gasteiger partial charge in [0.15, 0.2) is 5.13 Å². The monoisotopic (exact) mass is 292 g/mol. The average molecular weight is 292 g/mol. The molecule has 0 aliphatic heterocycles. The van der Waals surface area contributed by atoms with Gasteiger partial charge < -0.3 is 15.7 Å². The molecule has 1 rings (SSSR count). The lowest BCUT2D eigenvalue weighted by Crippen LogP contribution is -2.34. The van der Waals surface area contributed by atoms with Crippen LogP contribution in [0.3, 0.4) is 0 Å². The van der Waals surface area contributed by atoms with E-state index in [2.05, 4.69) is 24.3 Å². The lowest BCUT2D eigenvalue weighted by Gasteiger charge is -2.16. The topological polar surface area (TPSA) is 137 Å². The van der Waals surface area contributed by atoms with Gasteiger partial charge in [-0.2, -0.15) is 9.36 Å². The van der Waals surface area contributed by atoms with E-state index in [1.54, 1.807) is 0 Å². The van der Waals surface area contributed by atoms with Gasteiger partial charge in [0.1, 0.15) is 0 Å². The summed E-state index contributed by atoms with van der Waals surface area (Å²) in [6.45, 7) is 2.28. The number of carbonyl (C=O) groups excluding carboxylic acids is 1. The third kappa shape index (κ3) is 3.58. The normalized spacial score (nSPS) is 12.1. The van der Waals surface area contributed by atoms with Crippen LogP contribution in [0.2, 0.25) is 0 Å². The zero-order valence-electron chi connectivity index (χ0n) is 9.79. The number of hydrogen-bond acceptors (Lipinski definition) is 9. The second kappa shape index (κ2) is 5.56. The Hall–Kier alpha value is -2.30. The molecule has 0 fully saturated rings. The van der Waals surface area contributed by atoms with Gasteiger partial charge in [-0.3, -0.25) is 4.94 Å². The van der Waals surface area contributed by atoms with Crippen molar-refractivity contribution >= 4 is 34.3 Å². The van der Waals surface area contributed by atoms with E-state index in [0.717, 1.165) is 25.4 Å². The fourth-order valence-corrected chi connectivity index (χ4v) is 1.23. The number of aromatic nitrogens is 2. The molecule has 0 saturated carbocycles. The molecule has 0 aliphatic carbocycles. The third-order valence-electron chi connectivity index (χ3n) is 1.78. The predicted octanol–water partition coefficient (Wildman–Crippen LogP) is 0.132. The number of carboxylic acids is 1. The van der Waals surface area contributed by atoms with Gasteiger partial charge in [-0.15, -0.1) is 0 Å². The Morgan fingerprint density at radius 2 is 2.16 bits per heavy atom. The van der Waals surface area contributed by atoms with Crippen LogP contribution in [0, 0.1) is 0 Å². The molecule has 0 atom stereocenters. The van der Waals surface area contributed by atoms with Crippen LogP contribution in [0.4, 0.5) is 9.66 Å². The molecule has 0 unspecified atom stereocenters. The van der Waals surface area contributed by atoms with Crippen molar-refractivity contribution in [2.45, 2.75) is 19.4 Å². The van der Waals surface area contributed by atoms with Crippen molar-refractivity contribution < 1.29 is 29.0 Å². The Kier molecular flexibility index (Phi) is 4.32. The van der Waals surface area contributed by atoms with Gasteiger partial charge in [0.2, 0.25) is 17.1 Å². The molecule has 1 aromatic rings. The standard InChI is InChI=1S/C8H9FN4O5S/c1-8(2,6(16)17-9)18-12-3(5(14)15)4-11-7(10)19-13-4/h1-2H3,(H,14,15)(H2,10,11,13)/b12-3-. The molecule has 0 bridgehead atoms. The Bertz CT molecular complexity index is 529. The van der Waals surface area contributed by atoms with E-state index in [-0.39, 0.29) is 11.0 Å². The largest absolute Gasteiger partial charge is 0.476 e. The maximum atomic E-state index is 11.8. The fourth-order valence-electron chi connectivity index (χ4n) is 0.797. The van der Waals surface area contributed by atoms with Crippen molar-refractivity contribution in [3.05, 3.63) is 5.82 Å². The molecule has 9 nitrogen and oxygen atoms in total. The number of carbonyl (C=O) groups is 2. The number of nitrogens with two attached hydrogens (primary N) is 1. The zero-order valence-corrected chi connectivity index (χ0v) is 10.6. The van der Waals surface area contributed by atoms with Crippen molar-refractivity contribution in [1.82, 2.24) is 9.36 Å². The Balaban J connectivity index is 2.98.